The van der Waals surface area contributed by atoms with Gasteiger partial charge in [-0.15, -0.1) is 24.0 Å². The number of nitrogens with one attached hydrogen (secondary N) is 2. The molecule has 1 aliphatic heterocycles. The Morgan fingerprint density at radius 3 is 2.52 bits per heavy atom. The minimum absolute atomic E-state index is 0. The number of guanidine groups is 1. The number of hydrogen-bond acceptors (Lipinski definition) is 5. The molecule has 0 amide bonds. The summed E-state index contributed by atoms with van der Waals surface area (Å²) in [6.45, 7) is 8.60. The highest BCUT2D eigenvalue weighted by Gasteiger charge is 2.21. The summed E-state index contributed by atoms with van der Waals surface area (Å²) in [5.41, 5.74) is 1.07. The van der Waals surface area contributed by atoms with Crippen molar-refractivity contribution in [2.45, 2.75) is 58.1 Å². The number of nitrogens with zero attached hydrogens (tertiary/aromatic N) is 2. The lowest BCUT2D eigenvalue weighted by Crippen LogP contribution is -2.43. The average molecular weight is 575 g/mol. The first kappa shape index (κ1) is 28.0. The van der Waals surface area contributed by atoms with E-state index in [9.17, 15) is 0 Å². The molecule has 1 heterocycles. The Hall–Kier alpha value is -1.26. The van der Waals surface area contributed by atoms with Crippen LogP contribution in [-0.4, -0.2) is 70.5 Å². The van der Waals surface area contributed by atoms with Crippen molar-refractivity contribution < 1.29 is 14.2 Å². The molecule has 188 valence electrons. The summed E-state index contributed by atoms with van der Waals surface area (Å²) >= 11 is 0. The number of hydrogen-bond donors (Lipinski definition) is 2. The zero-order chi connectivity index (χ0) is 22.6. The van der Waals surface area contributed by atoms with E-state index in [1.165, 1.54) is 25.7 Å². The summed E-state index contributed by atoms with van der Waals surface area (Å²) in [4.78, 5) is 7.36. The fourth-order valence-corrected chi connectivity index (χ4v) is 4.53. The van der Waals surface area contributed by atoms with Crippen molar-refractivity contribution in [1.29, 1.82) is 0 Å². The van der Waals surface area contributed by atoms with E-state index in [0.717, 1.165) is 75.2 Å². The van der Waals surface area contributed by atoms with Crippen molar-refractivity contribution in [2.75, 3.05) is 53.6 Å². The first-order valence-electron chi connectivity index (χ1n) is 12.3. The maximum absolute atomic E-state index is 6.37. The van der Waals surface area contributed by atoms with Gasteiger partial charge in [-0.3, -0.25) is 0 Å². The second-order valence-electron chi connectivity index (χ2n) is 8.83. The molecule has 1 aromatic carbocycles. The van der Waals surface area contributed by atoms with E-state index in [1.807, 2.05) is 12.1 Å². The number of likely N-dealkylation sites (tertiary alicyclic amines) is 1. The molecule has 1 aliphatic carbocycles. The normalized spacial score (nSPS) is 18.1. The van der Waals surface area contributed by atoms with Crippen LogP contribution in [0, 0.1) is 5.92 Å². The topological polar surface area (TPSA) is 67.4 Å². The van der Waals surface area contributed by atoms with Crippen molar-refractivity contribution in [1.82, 2.24) is 15.5 Å². The molecule has 2 aliphatic rings. The molecule has 2 fully saturated rings. The van der Waals surface area contributed by atoms with E-state index >= 15 is 0 Å². The maximum atomic E-state index is 6.37. The number of para-hydroxylation sites is 1. The third kappa shape index (κ3) is 9.13. The number of rotatable bonds is 11. The summed E-state index contributed by atoms with van der Waals surface area (Å²) in [6.07, 6.45) is 7.44. The van der Waals surface area contributed by atoms with Crippen LogP contribution >= 0.6 is 24.0 Å². The van der Waals surface area contributed by atoms with Crippen molar-refractivity contribution in [3.8, 4) is 11.5 Å². The lowest BCUT2D eigenvalue weighted by atomic mass is 9.97. The van der Waals surface area contributed by atoms with Crippen LogP contribution in [-0.2, 0) is 11.3 Å². The number of halogens is 1. The fraction of sp³-hybridized carbons (Fsp3) is 0.720. The number of ether oxygens (including phenoxy) is 3. The van der Waals surface area contributed by atoms with Gasteiger partial charge in [0.15, 0.2) is 17.5 Å². The fourth-order valence-electron chi connectivity index (χ4n) is 4.53. The molecule has 8 heteroatoms. The van der Waals surface area contributed by atoms with E-state index in [2.05, 4.69) is 28.5 Å². The van der Waals surface area contributed by atoms with E-state index in [-0.39, 0.29) is 30.1 Å². The zero-order valence-electron chi connectivity index (χ0n) is 20.6. The summed E-state index contributed by atoms with van der Waals surface area (Å²) in [6, 6.07) is 6.08. The second-order valence-corrected chi connectivity index (χ2v) is 8.83. The van der Waals surface area contributed by atoms with Crippen LogP contribution in [0.25, 0.3) is 0 Å². The summed E-state index contributed by atoms with van der Waals surface area (Å²) in [5, 5.41) is 6.95. The number of methoxy groups -OCH3 is 2. The quantitative estimate of drug-likeness (QED) is 0.236. The van der Waals surface area contributed by atoms with Crippen molar-refractivity contribution >= 4 is 29.9 Å². The Morgan fingerprint density at radius 2 is 1.85 bits per heavy atom. The van der Waals surface area contributed by atoms with Gasteiger partial charge in [0.05, 0.1) is 26.4 Å². The molecule has 0 bridgehead atoms. The highest BCUT2D eigenvalue weighted by molar-refractivity contribution is 14.0. The standard InChI is InChI=1S/C25H42N4O3.HI/c1-4-26-25(27-18-20-12-14-29(15-13-20)16-17-30-2)28-19-21-8-7-11-23(31-3)24(21)32-22-9-5-6-10-22;/h7-8,11,20,22H,4-6,9-10,12-19H2,1-3H3,(H2,26,27,28);1H. The van der Waals surface area contributed by atoms with Gasteiger partial charge in [-0.25, -0.2) is 4.99 Å². The smallest absolute Gasteiger partial charge is 0.191 e. The Morgan fingerprint density at radius 1 is 1.09 bits per heavy atom. The summed E-state index contributed by atoms with van der Waals surface area (Å²) in [7, 11) is 3.48. The van der Waals surface area contributed by atoms with Gasteiger partial charge < -0.3 is 29.7 Å². The van der Waals surface area contributed by atoms with Gasteiger partial charge >= 0.3 is 0 Å². The Kier molecular flexibility index (Phi) is 13.2. The zero-order valence-corrected chi connectivity index (χ0v) is 22.9. The maximum Gasteiger partial charge on any atom is 0.191 e. The molecule has 33 heavy (non-hydrogen) atoms. The molecule has 7 nitrogen and oxygen atoms in total. The molecule has 1 saturated heterocycles. The van der Waals surface area contributed by atoms with E-state index in [1.54, 1.807) is 14.2 Å². The van der Waals surface area contributed by atoms with Crippen LogP contribution in [0.1, 0.15) is 51.0 Å². The summed E-state index contributed by atoms with van der Waals surface area (Å²) < 4.78 is 17.2. The van der Waals surface area contributed by atoms with Crippen LogP contribution in [0.15, 0.2) is 23.2 Å². The first-order valence-corrected chi connectivity index (χ1v) is 12.3. The van der Waals surface area contributed by atoms with Gasteiger partial charge in [-0.2, -0.15) is 0 Å². The molecular formula is C25H43IN4O3. The number of piperidine rings is 1. The van der Waals surface area contributed by atoms with E-state index in [0.29, 0.717) is 12.5 Å². The predicted molar refractivity (Wildman–Crippen MR) is 145 cm³/mol. The molecule has 0 atom stereocenters. The molecule has 2 N–H and O–H groups in total. The second kappa shape index (κ2) is 15.6. The highest BCUT2D eigenvalue weighted by atomic mass is 127. The van der Waals surface area contributed by atoms with E-state index < -0.39 is 0 Å². The van der Waals surface area contributed by atoms with Gasteiger partial charge in [0, 0.05) is 32.3 Å². The van der Waals surface area contributed by atoms with Crippen LogP contribution < -0.4 is 20.1 Å². The average Bonchev–Trinajstić information content (AvgIpc) is 3.34. The molecule has 0 radical (unpaired) electrons. The van der Waals surface area contributed by atoms with Gasteiger partial charge in [-0.05, 0) is 70.5 Å². The molecule has 0 unspecified atom stereocenters. The molecule has 1 saturated carbocycles. The van der Waals surface area contributed by atoms with Gasteiger partial charge in [0.2, 0.25) is 0 Å². The number of aliphatic imine (C=N–C) groups is 1. The SMILES string of the molecule is CCNC(=NCc1cccc(OC)c1OC1CCCC1)NCC1CCN(CCOC)CC1.I. The van der Waals surface area contributed by atoms with Crippen molar-refractivity contribution in [3.05, 3.63) is 23.8 Å². The van der Waals surface area contributed by atoms with Gasteiger partial charge in [-0.1, -0.05) is 12.1 Å². The predicted octanol–water partition coefficient (Wildman–Crippen LogP) is 4.05. The van der Waals surface area contributed by atoms with Crippen LogP contribution in [0.4, 0.5) is 0 Å². The third-order valence-electron chi connectivity index (χ3n) is 6.50. The first-order chi connectivity index (χ1) is 15.7. The minimum atomic E-state index is 0. The number of benzene rings is 1. The molecule has 0 aromatic heterocycles. The largest absolute Gasteiger partial charge is 0.493 e. The Labute approximate surface area is 217 Å². The Balaban J connectivity index is 0.00000385. The monoisotopic (exact) mass is 574 g/mol. The summed E-state index contributed by atoms with van der Waals surface area (Å²) in [5.74, 6) is 3.19. The van der Waals surface area contributed by atoms with Gasteiger partial charge in [0.1, 0.15) is 0 Å². The van der Waals surface area contributed by atoms with E-state index in [4.69, 9.17) is 19.2 Å². The van der Waals surface area contributed by atoms with Crippen molar-refractivity contribution in [2.24, 2.45) is 10.9 Å². The molecule has 3 rings (SSSR count). The third-order valence-corrected chi connectivity index (χ3v) is 6.50. The molecule has 0 spiro atoms. The molecule has 1 aromatic rings. The van der Waals surface area contributed by atoms with Gasteiger partial charge in [0.25, 0.3) is 0 Å². The van der Waals surface area contributed by atoms with Crippen LogP contribution in [0.2, 0.25) is 0 Å². The highest BCUT2D eigenvalue weighted by Crippen LogP contribution is 2.35. The Bertz CT molecular complexity index is 705. The van der Waals surface area contributed by atoms with Crippen LogP contribution in [0.5, 0.6) is 11.5 Å². The molecular weight excluding hydrogens is 531 g/mol. The lowest BCUT2D eigenvalue weighted by Gasteiger charge is -2.32. The minimum Gasteiger partial charge on any atom is -0.493 e. The van der Waals surface area contributed by atoms with Crippen molar-refractivity contribution in [3.63, 3.8) is 0 Å². The lowest BCUT2D eigenvalue weighted by molar-refractivity contribution is 0.121. The van der Waals surface area contributed by atoms with Crippen LogP contribution in [0.3, 0.4) is 0 Å².